The number of aryl methyl sites for hydroxylation is 1. The summed E-state index contributed by atoms with van der Waals surface area (Å²) in [6.45, 7) is 2.07. The molecule has 0 aliphatic carbocycles. The summed E-state index contributed by atoms with van der Waals surface area (Å²) in [7, 11) is 3.19. The fourth-order valence-corrected chi connectivity index (χ4v) is 3.17. The van der Waals surface area contributed by atoms with Crippen LogP contribution in [-0.4, -0.2) is 43.9 Å². The summed E-state index contributed by atoms with van der Waals surface area (Å²) in [5.41, 5.74) is 7.66. The normalized spacial score (nSPS) is 10.7. The van der Waals surface area contributed by atoms with Crippen LogP contribution in [-0.2, 0) is 13.0 Å². The van der Waals surface area contributed by atoms with Gasteiger partial charge in [0, 0.05) is 18.7 Å². The average molecular weight is 433 g/mol. The molecule has 10 nitrogen and oxygen atoms in total. The van der Waals surface area contributed by atoms with Gasteiger partial charge >= 0.3 is 0 Å². The molecule has 0 fully saturated rings. The second-order valence-electron chi connectivity index (χ2n) is 6.89. The highest BCUT2D eigenvalue weighted by molar-refractivity contribution is 5.44. The first-order valence-corrected chi connectivity index (χ1v) is 9.87. The first-order valence-electron chi connectivity index (χ1n) is 9.87. The molecular weight excluding hydrogens is 410 g/mol. The van der Waals surface area contributed by atoms with Gasteiger partial charge in [-0.2, -0.15) is 14.6 Å². The number of rotatable bonds is 8. The van der Waals surface area contributed by atoms with Crippen molar-refractivity contribution in [2.45, 2.75) is 20.0 Å². The number of hydrogen-bond acceptors (Lipinski definition) is 9. The molecule has 3 heterocycles. The topological polar surface area (TPSA) is 123 Å². The van der Waals surface area contributed by atoms with E-state index in [0.717, 1.165) is 11.3 Å². The van der Waals surface area contributed by atoms with Crippen LogP contribution < -0.4 is 19.9 Å². The monoisotopic (exact) mass is 433 g/mol. The number of nitrogens with two attached hydrogens (primary N) is 1. The van der Waals surface area contributed by atoms with Crippen molar-refractivity contribution in [2.75, 3.05) is 20.0 Å². The second kappa shape index (κ2) is 9.29. The third-order valence-electron chi connectivity index (χ3n) is 4.61. The van der Waals surface area contributed by atoms with Crippen LogP contribution in [0.25, 0.3) is 5.82 Å². The minimum Gasteiger partial charge on any atom is -0.493 e. The Hall–Kier alpha value is -4.21. The van der Waals surface area contributed by atoms with Gasteiger partial charge in [-0.3, -0.25) is 4.98 Å². The van der Waals surface area contributed by atoms with Crippen LogP contribution in [0.1, 0.15) is 22.9 Å². The van der Waals surface area contributed by atoms with Crippen molar-refractivity contribution in [2.24, 2.45) is 0 Å². The predicted octanol–water partition coefficient (Wildman–Crippen LogP) is 2.53. The molecule has 1 aromatic carbocycles. The molecule has 0 saturated heterocycles. The van der Waals surface area contributed by atoms with Crippen molar-refractivity contribution in [1.82, 2.24) is 29.7 Å². The van der Waals surface area contributed by atoms with Crippen molar-refractivity contribution in [3.63, 3.8) is 0 Å². The van der Waals surface area contributed by atoms with Gasteiger partial charge in [-0.25, -0.2) is 4.98 Å². The Morgan fingerprint density at radius 1 is 0.969 bits per heavy atom. The minimum atomic E-state index is 0.146. The maximum atomic E-state index is 5.91. The lowest BCUT2D eigenvalue weighted by Crippen LogP contribution is -2.09. The van der Waals surface area contributed by atoms with E-state index in [-0.39, 0.29) is 12.6 Å². The summed E-state index contributed by atoms with van der Waals surface area (Å²) in [6, 6.07) is 13.0. The molecule has 0 radical (unpaired) electrons. The Morgan fingerprint density at radius 3 is 2.56 bits per heavy atom. The zero-order chi connectivity index (χ0) is 22.5. The molecule has 4 rings (SSSR count). The molecule has 2 N–H and O–H groups in total. The first-order chi connectivity index (χ1) is 15.6. The number of nitrogen functional groups attached to an aromatic ring is 1. The highest BCUT2D eigenvalue weighted by atomic mass is 16.5. The molecule has 0 amide bonds. The van der Waals surface area contributed by atoms with Crippen molar-refractivity contribution in [3.05, 3.63) is 71.6 Å². The van der Waals surface area contributed by atoms with Crippen LogP contribution in [0.4, 0.5) is 5.95 Å². The lowest BCUT2D eigenvalue weighted by atomic mass is 10.1. The summed E-state index contributed by atoms with van der Waals surface area (Å²) in [6.07, 6.45) is 2.17. The van der Waals surface area contributed by atoms with Crippen molar-refractivity contribution in [3.8, 4) is 23.2 Å². The van der Waals surface area contributed by atoms with E-state index in [1.807, 2.05) is 36.4 Å². The van der Waals surface area contributed by atoms with Gasteiger partial charge in [0.25, 0.3) is 0 Å². The van der Waals surface area contributed by atoms with Gasteiger partial charge in [0.2, 0.25) is 11.8 Å². The fraction of sp³-hybridized carbons (Fsp3) is 0.227. The summed E-state index contributed by atoms with van der Waals surface area (Å²) >= 11 is 0. The van der Waals surface area contributed by atoms with Gasteiger partial charge in [-0.05, 0) is 36.8 Å². The number of hydrogen-bond donors (Lipinski definition) is 1. The number of pyridine rings is 1. The Labute approximate surface area is 185 Å². The van der Waals surface area contributed by atoms with Crippen LogP contribution >= 0.6 is 0 Å². The van der Waals surface area contributed by atoms with E-state index in [1.54, 1.807) is 38.1 Å². The highest BCUT2D eigenvalue weighted by Gasteiger charge is 2.15. The zero-order valence-corrected chi connectivity index (χ0v) is 18.0. The molecule has 0 aliphatic heterocycles. The Bertz CT molecular complexity index is 1210. The summed E-state index contributed by atoms with van der Waals surface area (Å²) < 4.78 is 18.1. The van der Waals surface area contributed by atoms with Crippen molar-refractivity contribution < 1.29 is 14.2 Å². The Kier molecular flexibility index (Phi) is 6.11. The minimum absolute atomic E-state index is 0.146. The molecule has 0 saturated carbocycles. The zero-order valence-electron chi connectivity index (χ0n) is 18.0. The molecule has 164 valence electrons. The lowest BCUT2D eigenvalue weighted by molar-refractivity contribution is 0.287. The second-order valence-corrected chi connectivity index (χ2v) is 6.89. The standard InChI is InChI=1S/C22H23N7O3/c1-14-25-20(12-21(26-14)32-13-16-6-4-5-9-24-16)29-19(27-22(23)28-29)11-15-7-8-17(30-2)18(10-15)31-3/h4-10,12H,11,13H2,1-3H3,(H2,23,28). The van der Waals surface area contributed by atoms with E-state index in [0.29, 0.717) is 41.3 Å². The Morgan fingerprint density at radius 2 is 1.81 bits per heavy atom. The highest BCUT2D eigenvalue weighted by Crippen LogP contribution is 2.28. The number of benzene rings is 1. The van der Waals surface area contributed by atoms with Gasteiger partial charge in [0.05, 0.1) is 19.9 Å². The molecular formula is C22H23N7O3. The first kappa shape index (κ1) is 21.0. The number of aromatic nitrogens is 6. The maximum absolute atomic E-state index is 5.91. The molecule has 3 aromatic heterocycles. The van der Waals surface area contributed by atoms with E-state index in [4.69, 9.17) is 19.9 Å². The third-order valence-corrected chi connectivity index (χ3v) is 4.61. The van der Waals surface area contributed by atoms with Crippen LogP contribution in [0.15, 0.2) is 48.7 Å². The van der Waals surface area contributed by atoms with Gasteiger partial charge in [-0.15, -0.1) is 5.10 Å². The fourth-order valence-electron chi connectivity index (χ4n) is 3.17. The van der Waals surface area contributed by atoms with E-state index in [1.165, 1.54) is 0 Å². The van der Waals surface area contributed by atoms with Crippen LogP contribution in [0.5, 0.6) is 17.4 Å². The van der Waals surface area contributed by atoms with Gasteiger partial charge in [0.15, 0.2) is 17.3 Å². The predicted molar refractivity (Wildman–Crippen MR) is 117 cm³/mol. The van der Waals surface area contributed by atoms with E-state index < -0.39 is 0 Å². The number of methoxy groups -OCH3 is 2. The average Bonchev–Trinajstić information content (AvgIpc) is 3.18. The van der Waals surface area contributed by atoms with Crippen molar-refractivity contribution >= 4 is 5.95 Å². The number of nitrogens with zero attached hydrogens (tertiary/aromatic N) is 6. The summed E-state index contributed by atoms with van der Waals surface area (Å²) in [5, 5.41) is 4.32. The SMILES string of the molecule is COc1ccc(Cc2nc(N)nn2-c2cc(OCc3ccccn3)nc(C)n2)cc1OC. The molecule has 0 atom stereocenters. The summed E-state index contributed by atoms with van der Waals surface area (Å²) in [5.74, 6) is 3.49. The largest absolute Gasteiger partial charge is 0.493 e. The summed E-state index contributed by atoms with van der Waals surface area (Å²) in [4.78, 5) is 17.5. The Balaban J connectivity index is 1.61. The quantitative estimate of drug-likeness (QED) is 0.446. The van der Waals surface area contributed by atoms with Gasteiger partial charge in [-0.1, -0.05) is 12.1 Å². The lowest BCUT2D eigenvalue weighted by Gasteiger charge is -2.11. The van der Waals surface area contributed by atoms with Gasteiger partial charge < -0.3 is 19.9 Å². The van der Waals surface area contributed by atoms with Crippen molar-refractivity contribution in [1.29, 1.82) is 0 Å². The van der Waals surface area contributed by atoms with Crippen LogP contribution in [0.3, 0.4) is 0 Å². The van der Waals surface area contributed by atoms with E-state index in [9.17, 15) is 0 Å². The van der Waals surface area contributed by atoms with Crippen LogP contribution in [0.2, 0.25) is 0 Å². The van der Waals surface area contributed by atoms with E-state index >= 15 is 0 Å². The molecule has 0 bridgehead atoms. The molecule has 4 aromatic rings. The number of anilines is 1. The molecule has 32 heavy (non-hydrogen) atoms. The third kappa shape index (κ3) is 4.75. The molecule has 0 unspecified atom stereocenters. The molecule has 10 heteroatoms. The maximum Gasteiger partial charge on any atom is 0.240 e. The molecule has 0 spiro atoms. The smallest absolute Gasteiger partial charge is 0.240 e. The van der Waals surface area contributed by atoms with Crippen LogP contribution in [0, 0.1) is 6.92 Å². The molecule has 0 aliphatic rings. The van der Waals surface area contributed by atoms with Gasteiger partial charge in [0.1, 0.15) is 18.3 Å². The van der Waals surface area contributed by atoms with E-state index in [2.05, 4.69) is 25.0 Å². The number of ether oxygens (including phenoxy) is 3.